The fourth-order valence-electron chi connectivity index (χ4n) is 5.62. The lowest BCUT2D eigenvalue weighted by Crippen LogP contribution is -2.42. The van der Waals surface area contributed by atoms with Crippen LogP contribution in [0, 0.1) is 0 Å². The highest BCUT2D eigenvalue weighted by atomic mass is 32.2. The van der Waals surface area contributed by atoms with Gasteiger partial charge in [0.1, 0.15) is 0 Å². The minimum absolute atomic E-state index is 0.168. The number of anilines is 1. The Labute approximate surface area is 264 Å². The van der Waals surface area contributed by atoms with E-state index in [0.717, 1.165) is 62.3 Å². The summed E-state index contributed by atoms with van der Waals surface area (Å²) in [5, 5.41) is 24.9. The van der Waals surface area contributed by atoms with Crippen LogP contribution >= 0.6 is 0 Å². The lowest BCUT2D eigenvalue weighted by atomic mass is 9.99. The second-order valence-electron chi connectivity index (χ2n) is 12.1. The number of hydrogen-bond donors (Lipinski definition) is 4. The maximum absolute atomic E-state index is 12.8. The van der Waals surface area contributed by atoms with Crippen LogP contribution in [0.2, 0.25) is 0 Å². The number of benzene rings is 3. The van der Waals surface area contributed by atoms with Gasteiger partial charge in [-0.25, -0.2) is 13.2 Å². The number of hydrogen-bond acceptors (Lipinski definition) is 7. The first-order valence-electron chi connectivity index (χ1n) is 15.3. The number of nitrogens with zero attached hydrogens (tertiary/aromatic N) is 2. The first-order valence-corrected chi connectivity index (χ1v) is 16.8. The topological polar surface area (TPSA) is 133 Å². The van der Waals surface area contributed by atoms with E-state index < -0.39 is 22.1 Å². The highest BCUT2D eigenvalue weighted by Crippen LogP contribution is 2.26. The molecule has 0 saturated carbocycles. The van der Waals surface area contributed by atoms with Crippen molar-refractivity contribution in [2.75, 3.05) is 44.1 Å². The molecule has 1 aromatic heterocycles. The molecule has 3 aromatic carbocycles. The number of aryl methyl sites for hydroxylation is 1. The molecule has 0 bridgehead atoms. The molecule has 0 spiro atoms. The number of aliphatic hydroxyl groups excluding tert-OH is 1. The van der Waals surface area contributed by atoms with Crippen LogP contribution in [0.4, 0.5) is 5.69 Å². The highest BCUT2D eigenvalue weighted by Gasteiger charge is 2.22. The zero-order valence-corrected chi connectivity index (χ0v) is 26.6. The number of morpholine rings is 1. The molecule has 4 aromatic rings. The third-order valence-electron chi connectivity index (χ3n) is 8.33. The Morgan fingerprint density at radius 1 is 0.978 bits per heavy atom. The third-order valence-corrected chi connectivity index (χ3v) is 9.73. The summed E-state index contributed by atoms with van der Waals surface area (Å²) >= 11 is 0. The molecule has 0 amide bonds. The van der Waals surface area contributed by atoms with Gasteiger partial charge in [0, 0.05) is 67.0 Å². The zero-order chi connectivity index (χ0) is 32.0. The number of nitrogens with one attached hydrogen (secondary N) is 2. The number of aromatic nitrogens is 1. The summed E-state index contributed by atoms with van der Waals surface area (Å²) in [5.74, 6) is -0.942. The predicted octanol–water partition coefficient (Wildman–Crippen LogP) is 4.51. The normalized spacial score (nSPS) is 15.3. The summed E-state index contributed by atoms with van der Waals surface area (Å²) in [6, 6.07) is 22.3. The molecule has 240 valence electrons. The molecule has 45 heavy (non-hydrogen) atoms. The molecule has 1 aliphatic rings. The van der Waals surface area contributed by atoms with E-state index in [9.17, 15) is 23.4 Å². The standard InChI is InChI=1S/C34H42N4O6S/c1-34(2,35-24-32(39)25-7-6-8-28(22-25)36-45(42,43)30-9-4-3-5-10-30)14-16-38-29(13-15-37-17-19-44-20-18-37)23-27-21-26(33(40)41)11-12-31(27)38/h3-12,21-23,32,35-36,39H,13-20,24H2,1-2H3,(H,40,41)/t32-/m0/s1. The van der Waals surface area contributed by atoms with Crippen molar-refractivity contribution in [3.63, 3.8) is 0 Å². The van der Waals surface area contributed by atoms with Gasteiger partial charge in [-0.05, 0) is 74.4 Å². The Kier molecular flexibility index (Phi) is 10.3. The quantitative estimate of drug-likeness (QED) is 0.159. The second-order valence-corrected chi connectivity index (χ2v) is 13.8. The van der Waals surface area contributed by atoms with Crippen molar-refractivity contribution in [2.24, 2.45) is 0 Å². The van der Waals surface area contributed by atoms with E-state index in [1.165, 1.54) is 12.1 Å². The first kappa shape index (κ1) is 32.6. The Morgan fingerprint density at radius 2 is 1.73 bits per heavy atom. The lowest BCUT2D eigenvalue weighted by molar-refractivity contribution is 0.0382. The van der Waals surface area contributed by atoms with E-state index in [0.29, 0.717) is 17.8 Å². The third kappa shape index (κ3) is 8.50. The summed E-state index contributed by atoms with van der Waals surface area (Å²) in [6.07, 6.45) is 0.746. The van der Waals surface area contributed by atoms with Crippen molar-refractivity contribution in [1.29, 1.82) is 0 Å². The van der Waals surface area contributed by atoms with Gasteiger partial charge in [-0.1, -0.05) is 30.3 Å². The average molecular weight is 635 g/mol. The van der Waals surface area contributed by atoms with Gasteiger partial charge in [0.15, 0.2) is 0 Å². The molecule has 11 heteroatoms. The maximum atomic E-state index is 12.8. The Hall–Kier alpha value is -3.74. The predicted molar refractivity (Wildman–Crippen MR) is 175 cm³/mol. The number of carbonyl (C=O) groups is 1. The van der Waals surface area contributed by atoms with Crippen molar-refractivity contribution in [1.82, 2.24) is 14.8 Å². The number of carboxylic acid groups (broad SMARTS) is 1. The van der Waals surface area contributed by atoms with Crippen LogP contribution < -0.4 is 10.0 Å². The summed E-state index contributed by atoms with van der Waals surface area (Å²) < 4.78 is 35.9. The molecule has 0 unspecified atom stereocenters. The van der Waals surface area contributed by atoms with Gasteiger partial charge in [0.25, 0.3) is 10.0 Å². The molecule has 1 atom stereocenters. The average Bonchev–Trinajstić information content (AvgIpc) is 3.39. The number of sulfonamides is 1. The lowest BCUT2D eigenvalue weighted by Gasteiger charge is -2.29. The van der Waals surface area contributed by atoms with Crippen LogP contribution in [-0.2, 0) is 27.7 Å². The molecular formula is C34H42N4O6S. The summed E-state index contributed by atoms with van der Waals surface area (Å²) in [5.41, 5.74) is 3.07. The Morgan fingerprint density at radius 3 is 2.47 bits per heavy atom. The second kappa shape index (κ2) is 14.1. The number of aromatic carboxylic acids is 1. The van der Waals surface area contributed by atoms with E-state index in [1.54, 1.807) is 54.6 Å². The Balaban J connectivity index is 1.23. The SMILES string of the molecule is CC(C)(CCn1c(CCN2CCOCC2)cc2cc(C(=O)O)ccc21)NC[C@H](O)c1cccc(NS(=O)(=O)c2ccccc2)c1. The van der Waals surface area contributed by atoms with Gasteiger partial charge in [-0.2, -0.15) is 0 Å². The van der Waals surface area contributed by atoms with Gasteiger partial charge in [0.05, 0.1) is 29.8 Å². The van der Waals surface area contributed by atoms with Gasteiger partial charge in [-0.3, -0.25) is 9.62 Å². The van der Waals surface area contributed by atoms with E-state index in [-0.39, 0.29) is 22.5 Å². The number of aliphatic hydroxyl groups is 1. The van der Waals surface area contributed by atoms with Crippen LogP contribution in [0.15, 0.2) is 83.8 Å². The molecule has 0 aliphatic carbocycles. The van der Waals surface area contributed by atoms with Crippen molar-refractivity contribution < 1.29 is 28.2 Å². The monoisotopic (exact) mass is 634 g/mol. The maximum Gasteiger partial charge on any atom is 0.335 e. The molecule has 1 fully saturated rings. The first-order chi connectivity index (χ1) is 21.5. The van der Waals surface area contributed by atoms with Crippen molar-refractivity contribution in [2.45, 2.75) is 49.8 Å². The van der Waals surface area contributed by atoms with Gasteiger partial charge < -0.3 is 24.8 Å². The molecule has 10 nitrogen and oxygen atoms in total. The number of carboxylic acids is 1. The van der Waals surface area contributed by atoms with E-state index >= 15 is 0 Å². The number of rotatable bonds is 14. The van der Waals surface area contributed by atoms with Gasteiger partial charge in [-0.15, -0.1) is 0 Å². The number of ether oxygens (including phenoxy) is 1. The van der Waals surface area contributed by atoms with Crippen LogP contribution in [0.1, 0.15) is 48.0 Å². The van der Waals surface area contributed by atoms with Crippen molar-refractivity contribution in [3.8, 4) is 0 Å². The summed E-state index contributed by atoms with van der Waals surface area (Å²) in [6.45, 7) is 9.36. The van der Waals surface area contributed by atoms with Crippen LogP contribution in [-0.4, -0.2) is 79.0 Å². The number of fused-ring (bicyclic) bond motifs is 1. The van der Waals surface area contributed by atoms with E-state index in [2.05, 4.69) is 39.4 Å². The van der Waals surface area contributed by atoms with Crippen LogP contribution in [0.5, 0.6) is 0 Å². The fourth-order valence-corrected chi connectivity index (χ4v) is 6.69. The molecular weight excluding hydrogens is 592 g/mol. The van der Waals surface area contributed by atoms with Crippen LogP contribution in [0.25, 0.3) is 10.9 Å². The minimum atomic E-state index is -3.74. The van der Waals surface area contributed by atoms with E-state index in [1.807, 2.05) is 6.07 Å². The van der Waals surface area contributed by atoms with Gasteiger partial charge >= 0.3 is 5.97 Å². The molecule has 1 aliphatic heterocycles. The fraction of sp³-hybridized carbons (Fsp3) is 0.382. The molecule has 4 N–H and O–H groups in total. The summed E-state index contributed by atoms with van der Waals surface area (Å²) in [7, 11) is -3.74. The summed E-state index contributed by atoms with van der Waals surface area (Å²) in [4.78, 5) is 14.2. The van der Waals surface area contributed by atoms with Crippen molar-refractivity contribution in [3.05, 3.63) is 95.7 Å². The highest BCUT2D eigenvalue weighted by molar-refractivity contribution is 7.92. The molecule has 1 saturated heterocycles. The Bertz CT molecular complexity index is 1720. The van der Waals surface area contributed by atoms with Crippen LogP contribution in [0.3, 0.4) is 0 Å². The molecule has 5 rings (SSSR count). The zero-order valence-electron chi connectivity index (χ0n) is 25.8. The van der Waals surface area contributed by atoms with Gasteiger partial charge in [0.2, 0.25) is 0 Å². The molecule has 0 radical (unpaired) electrons. The van der Waals surface area contributed by atoms with E-state index in [4.69, 9.17) is 4.74 Å². The molecule has 2 heterocycles. The minimum Gasteiger partial charge on any atom is -0.478 e. The number of β-amino-alcohol motifs (C(OH)–C–C–N with tert-alkyl or cyclic N) is 1. The smallest absolute Gasteiger partial charge is 0.335 e. The largest absolute Gasteiger partial charge is 0.478 e. The van der Waals surface area contributed by atoms with Crippen molar-refractivity contribution >= 4 is 32.6 Å².